The minimum Gasteiger partial charge on any atom is -0.394 e. The second kappa shape index (κ2) is 7.68. The maximum absolute atomic E-state index is 12.3. The highest BCUT2D eigenvalue weighted by Gasteiger charge is 2.44. The number of hydrogen-bond donors (Lipinski definition) is 3. The summed E-state index contributed by atoms with van der Waals surface area (Å²) in [7, 11) is 0. The van der Waals surface area contributed by atoms with Gasteiger partial charge in [-0.05, 0) is 24.6 Å². The molecule has 3 N–H and O–H groups in total. The van der Waals surface area contributed by atoms with Crippen LogP contribution < -0.4 is 11.0 Å². The molecular weight excluding hydrogens is 352 g/mol. The monoisotopic (exact) mass is 372 g/mol. The lowest BCUT2D eigenvalue weighted by atomic mass is 9.99. The summed E-state index contributed by atoms with van der Waals surface area (Å²) < 4.78 is 1.18. The fourth-order valence-corrected chi connectivity index (χ4v) is 3.02. The predicted octanol–water partition coefficient (Wildman–Crippen LogP) is -0.201. The van der Waals surface area contributed by atoms with Crippen LogP contribution in [0.3, 0.4) is 0 Å². The summed E-state index contributed by atoms with van der Waals surface area (Å²) >= 11 is 0. The minimum absolute atomic E-state index is 0.0911. The van der Waals surface area contributed by atoms with Crippen molar-refractivity contribution in [3.63, 3.8) is 0 Å². The van der Waals surface area contributed by atoms with Crippen molar-refractivity contribution in [1.29, 1.82) is 0 Å². The van der Waals surface area contributed by atoms with Gasteiger partial charge in [-0.1, -0.05) is 18.2 Å². The van der Waals surface area contributed by atoms with Crippen LogP contribution in [0.1, 0.15) is 23.2 Å². The van der Waals surface area contributed by atoms with Gasteiger partial charge in [0, 0.05) is 18.2 Å². The van der Waals surface area contributed by atoms with Gasteiger partial charge >= 0.3 is 5.69 Å². The van der Waals surface area contributed by atoms with E-state index < -0.39 is 30.3 Å². The van der Waals surface area contributed by atoms with Gasteiger partial charge < -0.3 is 20.4 Å². The van der Waals surface area contributed by atoms with Crippen molar-refractivity contribution < 1.29 is 19.8 Å². The summed E-state index contributed by atoms with van der Waals surface area (Å²) in [4.78, 5) is 41.6. The van der Waals surface area contributed by atoms with Crippen LogP contribution in [0, 0.1) is 0 Å². The molecule has 1 aromatic carbocycles. The molecule has 0 atom stereocenters. The van der Waals surface area contributed by atoms with E-state index in [1.165, 1.54) is 21.7 Å². The first-order valence-electron chi connectivity index (χ1n) is 8.45. The van der Waals surface area contributed by atoms with E-state index >= 15 is 0 Å². The number of aliphatic hydroxyl groups excluding tert-OH is 2. The van der Waals surface area contributed by atoms with Gasteiger partial charge in [0.25, 0.3) is 5.91 Å². The first-order chi connectivity index (χ1) is 13.0. The SMILES string of the molecule is O=C(Nc1ccn(CN2C(=O)CCC2(CO)CO)c(=O)n1)c1ccccc1. The maximum atomic E-state index is 12.3. The molecule has 0 saturated carbocycles. The molecule has 0 bridgehead atoms. The molecule has 9 heteroatoms. The third-order valence-corrected chi connectivity index (χ3v) is 4.71. The third-order valence-electron chi connectivity index (χ3n) is 4.71. The second-order valence-corrected chi connectivity index (χ2v) is 6.39. The lowest BCUT2D eigenvalue weighted by molar-refractivity contribution is -0.136. The number of aliphatic hydroxyl groups is 2. The van der Waals surface area contributed by atoms with Gasteiger partial charge in [0.05, 0.1) is 18.8 Å². The molecule has 1 aliphatic heterocycles. The number of benzene rings is 1. The smallest absolute Gasteiger partial charge is 0.350 e. The Balaban J connectivity index is 1.76. The van der Waals surface area contributed by atoms with E-state index in [4.69, 9.17) is 0 Å². The maximum Gasteiger partial charge on any atom is 0.350 e. The molecule has 1 aliphatic rings. The van der Waals surface area contributed by atoms with E-state index in [0.29, 0.717) is 12.0 Å². The average molecular weight is 372 g/mol. The Morgan fingerprint density at radius 3 is 2.48 bits per heavy atom. The van der Waals surface area contributed by atoms with Crippen LogP contribution in [0.15, 0.2) is 47.4 Å². The Kier molecular flexibility index (Phi) is 5.33. The summed E-state index contributed by atoms with van der Waals surface area (Å²) in [6.07, 6.45) is 1.90. The zero-order chi connectivity index (χ0) is 19.4. The Labute approximate surface area is 154 Å². The number of carbonyl (C=O) groups is 2. The lowest BCUT2D eigenvalue weighted by Crippen LogP contribution is -2.53. The fourth-order valence-electron chi connectivity index (χ4n) is 3.02. The molecule has 0 aliphatic carbocycles. The second-order valence-electron chi connectivity index (χ2n) is 6.39. The number of amides is 2. The highest BCUT2D eigenvalue weighted by Crippen LogP contribution is 2.30. The summed E-state index contributed by atoms with van der Waals surface area (Å²) in [5.74, 6) is -0.561. The van der Waals surface area contributed by atoms with Gasteiger partial charge in [-0.15, -0.1) is 0 Å². The van der Waals surface area contributed by atoms with Gasteiger partial charge in [-0.3, -0.25) is 14.2 Å². The Hall–Kier alpha value is -3.04. The molecule has 1 aromatic heterocycles. The zero-order valence-corrected chi connectivity index (χ0v) is 14.5. The Morgan fingerprint density at radius 1 is 1.15 bits per heavy atom. The van der Waals surface area contributed by atoms with Gasteiger partial charge in [0.15, 0.2) is 0 Å². The van der Waals surface area contributed by atoms with Gasteiger partial charge in [0.2, 0.25) is 5.91 Å². The average Bonchev–Trinajstić information content (AvgIpc) is 3.01. The number of nitrogens with one attached hydrogen (secondary N) is 1. The summed E-state index contributed by atoms with van der Waals surface area (Å²) in [5, 5.41) is 21.7. The first-order valence-corrected chi connectivity index (χ1v) is 8.45. The molecule has 0 radical (unpaired) electrons. The Bertz CT molecular complexity index is 892. The largest absolute Gasteiger partial charge is 0.394 e. The highest BCUT2D eigenvalue weighted by atomic mass is 16.3. The van der Waals surface area contributed by atoms with Crippen LogP contribution in [0.2, 0.25) is 0 Å². The van der Waals surface area contributed by atoms with Crippen molar-refractivity contribution in [2.24, 2.45) is 0 Å². The van der Waals surface area contributed by atoms with E-state index in [-0.39, 0.29) is 24.8 Å². The predicted molar refractivity (Wildman–Crippen MR) is 95.9 cm³/mol. The van der Waals surface area contributed by atoms with Crippen molar-refractivity contribution in [2.75, 3.05) is 18.5 Å². The number of nitrogens with zero attached hydrogens (tertiary/aromatic N) is 3. The van der Waals surface area contributed by atoms with Crippen molar-refractivity contribution in [3.8, 4) is 0 Å². The van der Waals surface area contributed by atoms with Crippen LogP contribution in [0.25, 0.3) is 0 Å². The molecule has 1 saturated heterocycles. The number of aromatic nitrogens is 2. The molecule has 142 valence electrons. The summed E-state index contributed by atoms with van der Waals surface area (Å²) in [6.45, 7) is -0.941. The summed E-state index contributed by atoms with van der Waals surface area (Å²) in [6, 6.07) is 9.96. The third kappa shape index (κ3) is 3.74. The standard InChI is InChI=1S/C18H20N4O5/c23-10-18(11-24)8-6-15(25)22(18)12-21-9-7-14(20-17(21)27)19-16(26)13-4-2-1-3-5-13/h1-5,7,9,23-24H,6,8,10-12H2,(H,19,20,26,27). The van der Waals surface area contributed by atoms with Gasteiger partial charge in [-0.2, -0.15) is 4.98 Å². The number of hydrogen-bond acceptors (Lipinski definition) is 6. The van der Waals surface area contributed by atoms with E-state index in [1.807, 2.05) is 0 Å². The quantitative estimate of drug-likeness (QED) is 0.645. The van der Waals surface area contributed by atoms with E-state index in [1.54, 1.807) is 30.3 Å². The van der Waals surface area contributed by atoms with Crippen LogP contribution >= 0.6 is 0 Å². The molecule has 2 amide bonds. The molecule has 27 heavy (non-hydrogen) atoms. The van der Waals surface area contributed by atoms with Crippen molar-refractivity contribution in [3.05, 3.63) is 58.6 Å². The topological polar surface area (TPSA) is 125 Å². The highest BCUT2D eigenvalue weighted by molar-refractivity contribution is 6.03. The van der Waals surface area contributed by atoms with Crippen LogP contribution in [0.4, 0.5) is 5.82 Å². The van der Waals surface area contributed by atoms with Gasteiger partial charge in [0.1, 0.15) is 12.5 Å². The van der Waals surface area contributed by atoms with E-state index in [0.717, 1.165) is 0 Å². The van der Waals surface area contributed by atoms with Crippen LogP contribution in [-0.2, 0) is 11.5 Å². The lowest BCUT2D eigenvalue weighted by Gasteiger charge is -2.35. The molecule has 0 unspecified atom stereocenters. The van der Waals surface area contributed by atoms with E-state index in [9.17, 15) is 24.6 Å². The number of anilines is 1. The molecule has 2 heterocycles. The molecule has 3 rings (SSSR count). The van der Waals surface area contributed by atoms with Crippen molar-refractivity contribution in [1.82, 2.24) is 14.5 Å². The molecule has 1 fully saturated rings. The van der Waals surface area contributed by atoms with Crippen molar-refractivity contribution in [2.45, 2.75) is 25.0 Å². The zero-order valence-electron chi connectivity index (χ0n) is 14.5. The summed E-state index contributed by atoms with van der Waals surface area (Å²) in [5.41, 5.74) is -1.32. The van der Waals surface area contributed by atoms with E-state index in [2.05, 4.69) is 10.3 Å². The van der Waals surface area contributed by atoms with Gasteiger partial charge in [-0.25, -0.2) is 4.79 Å². The molecule has 2 aromatic rings. The van der Waals surface area contributed by atoms with Crippen molar-refractivity contribution >= 4 is 17.6 Å². The fraction of sp³-hybridized carbons (Fsp3) is 0.333. The molecular formula is C18H20N4O5. The van der Waals surface area contributed by atoms with Crippen LogP contribution in [-0.4, -0.2) is 55.2 Å². The number of carbonyl (C=O) groups excluding carboxylic acids is 2. The number of rotatable bonds is 6. The first kappa shape index (κ1) is 18.7. The van der Waals surface area contributed by atoms with Crippen LogP contribution in [0.5, 0.6) is 0 Å². The normalized spacial score (nSPS) is 15.8. The molecule has 0 spiro atoms. The minimum atomic E-state index is -1.09. The Morgan fingerprint density at radius 2 is 1.85 bits per heavy atom. The number of likely N-dealkylation sites (tertiary alicyclic amines) is 1. The molecule has 9 nitrogen and oxygen atoms in total.